The fourth-order valence-electron chi connectivity index (χ4n) is 4.60. The van der Waals surface area contributed by atoms with Gasteiger partial charge < -0.3 is 13.9 Å². The number of amides is 2. The molecule has 1 saturated carbocycles. The summed E-state index contributed by atoms with van der Waals surface area (Å²) in [7, 11) is 1.60. The topological polar surface area (TPSA) is 94.8 Å². The van der Waals surface area contributed by atoms with Crippen molar-refractivity contribution in [3.05, 3.63) is 70.9 Å². The van der Waals surface area contributed by atoms with Crippen LogP contribution in [-0.4, -0.2) is 46.7 Å². The van der Waals surface area contributed by atoms with Gasteiger partial charge in [0, 0.05) is 6.54 Å². The summed E-state index contributed by atoms with van der Waals surface area (Å²) in [4.78, 5) is 27.4. The number of nitrogens with zero attached hydrogens (tertiary/aromatic N) is 3. The van der Waals surface area contributed by atoms with Crippen molar-refractivity contribution in [2.24, 2.45) is 0 Å². The molecule has 2 aromatic carbocycles. The smallest absolute Gasteiger partial charge is 0.261 e. The first-order chi connectivity index (χ1) is 16.0. The van der Waals surface area contributed by atoms with Crippen LogP contribution in [0.2, 0.25) is 0 Å². The summed E-state index contributed by atoms with van der Waals surface area (Å²) in [6.07, 6.45) is 5.71. The van der Waals surface area contributed by atoms with Gasteiger partial charge in [-0.25, -0.2) is 0 Å². The minimum atomic E-state index is -0.507. The molecule has 8 nitrogen and oxygen atoms in total. The van der Waals surface area contributed by atoms with Gasteiger partial charge in [-0.05, 0) is 62.4 Å². The summed E-state index contributed by atoms with van der Waals surface area (Å²) in [6, 6.07) is 10.9. The molecular formula is C25H25N3O5. The number of carbonyl (C=O) groups excluding carboxylic acids is 2. The molecule has 0 radical (unpaired) electrons. The van der Waals surface area contributed by atoms with Crippen LogP contribution in [0.25, 0.3) is 0 Å². The molecule has 5 rings (SSSR count). The monoisotopic (exact) mass is 447 g/mol. The highest BCUT2D eigenvalue weighted by Gasteiger charge is 2.38. The van der Waals surface area contributed by atoms with Crippen LogP contribution in [0.5, 0.6) is 11.5 Å². The molecule has 2 amide bonds. The molecule has 0 bridgehead atoms. The van der Waals surface area contributed by atoms with Crippen LogP contribution in [0.3, 0.4) is 0 Å². The number of methoxy groups -OCH3 is 1. The fourth-order valence-corrected chi connectivity index (χ4v) is 4.60. The van der Waals surface area contributed by atoms with Crippen molar-refractivity contribution >= 4 is 11.8 Å². The number of ether oxygens (including phenoxy) is 2. The van der Waals surface area contributed by atoms with Crippen LogP contribution in [0.4, 0.5) is 0 Å². The number of hydrogen-bond acceptors (Lipinski definition) is 7. The average molecular weight is 447 g/mol. The number of rotatable bonds is 7. The van der Waals surface area contributed by atoms with Gasteiger partial charge >= 0.3 is 0 Å². The Morgan fingerprint density at radius 2 is 1.85 bits per heavy atom. The maximum Gasteiger partial charge on any atom is 0.261 e. The number of fused-ring (bicyclic) bond motifs is 1. The maximum atomic E-state index is 13.1. The standard InChI is InChI=1S/C25H25N3O5/c1-15-7-9-18-19(11-15)25(30)28(24(18)29)13-20(23-27-26-14-32-23)16-8-10-21(31-2)22(12-16)33-17-5-3-4-6-17/h7-12,14,17,20H,3-6,13H2,1-2H3. The first kappa shape index (κ1) is 21.2. The third kappa shape index (κ3) is 3.97. The quantitative estimate of drug-likeness (QED) is 0.503. The Kier molecular flexibility index (Phi) is 5.58. The minimum absolute atomic E-state index is 0.0722. The molecule has 1 fully saturated rings. The van der Waals surface area contributed by atoms with Crippen LogP contribution in [0.15, 0.2) is 47.2 Å². The van der Waals surface area contributed by atoms with E-state index in [0.717, 1.165) is 36.8 Å². The van der Waals surface area contributed by atoms with E-state index in [2.05, 4.69) is 10.2 Å². The van der Waals surface area contributed by atoms with E-state index in [1.165, 1.54) is 11.3 Å². The van der Waals surface area contributed by atoms with Gasteiger partial charge in [-0.2, -0.15) is 0 Å². The lowest BCUT2D eigenvalue weighted by Crippen LogP contribution is -2.34. The zero-order valence-electron chi connectivity index (χ0n) is 18.6. The summed E-state index contributed by atoms with van der Waals surface area (Å²) >= 11 is 0. The molecule has 1 aliphatic heterocycles. The van der Waals surface area contributed by atoms with Gasteiger partial charge in [-0.15, -0.1) is 10.2 Å². The van der Waals surface area contributed by atoms with Crippen molar-refractivity contribution in [3.8, 4) is 11.5 Å². The third-order valence-corrected chi connectivity index (χ3v) is 6.35. The Labute approximate surface area is 191 Å². The Morgan fingerprint density at radius 1 is 1.06 bits per heavy atom. The largest absolute Gasteiger partial charge is 0.493 e. The molecule has 1 aliphatic carbocycles. The van der Waals surface area contributed by atoms with Gasteiger partial charge in [0.2, 0.25) is 12.3 Å². The molecule has 33 heavy (non-hydrogen) atoms. The molecule has 170 valence electrons. The summed E-state index contributed by atoms with van der Waals surface area (Å²) in [6.45, 7) is 1.97. The normalized spacial score (nSPS) is 16.8. The van der Waals surface area contributed by atoms with Crippen molar-refractivity contribution in [2.75, 3.05) is 13.7 Å². The molecule has 3 aromatic rings. The Hall–Kier alpha value is -3.68. The SMILES string of the molecule is COc1ccc(C(CN2C(=O)c3ccc(C)cc3C2=O)c2nnco2)cc1OC1CCCC1. The summed E-state index contributed by atoms with van der Waals surface area (Å²) < 4.78 is 17.3. The van der Waals surface area contributed by atoms with Crippen LogP contribution in [0, 0.1) is 6.92 Å². The lowest BCUT2D eigenvalue weighted by molar-refractivity contribution is 0.0646. The Balaban J connectivity index is 1.48. The zero-order valence-corrected chi connectivity index (χ0v) is 18.6. The van der Waals surface area contributed by atoms with Crippen molar-refractivity contribution in [1.82, 2.24) is 15.1 Å². The summed E-state index contributed by atoms with van der Waals surface area (Å²) in [5.74, 6) is 0.428. The molecule has 0 spiro atoms. The van der Waals surface area contributed by atoms with E-state index in [-0.39, 0.29) is 24.5 Å². The van der Waals surface area contributed by atoms with Crippen molar-refractivity contribution in [1.29, 1.82) is 0 Å². The van der Waals surface area contributed by atoms with Crippen LogP contribution < -0.4 is 9.47 Å². The second-order valence-electron chi connectivity index (χ2n) is 8.53. The van der Waals surface area contributed by atoms with E-state index in [1.807, 2.05) is 31.2 Å². The van der Waals surface area contributed by atoms with E-state index in [4.69, 9.17) is 13.9 Å². The third-order valence-electron chi connectivity index (χ3n) is 6.35. The van der Waals surface area contributed by atoms with Gasteiger partial charge in [0.15, 0.2) is 11.5 Å². The first-order valence-corrected chi connectivity index (χ1v) is 11.1. The number of benzene rings is 2. The molecule has 0 saturated heterocycles. The number of aromatic nitrogens is 2. The second kappa shape index (κ2) is 8.69. The van der Waals surface area contributed by atoms with Gasteiger partial charge in [-0.1, -0.05) is 17.7 Å². The van der Waals surface area contributed by atoms with E-state index in [9.17, 15) is 9.59 Å². The summed E-state index contributed by atoms with van der Waals surface area (Å²) in [5.41, 5.74) is 2.55. The number of aryl methyl sites for hydroxylation is 1. The molecule has 1 unspecified atom stereocenters. The van der Waals surface area contributed by atoms with Crippen LogP contribution >= 0.6 is 0 Å². The van der Waals surface area contributed by atoms with E-state index in [0.29, 0.717) is 28.5 Å². The van der Waals surface area contributed by atoms with Crippen molar-refractivity contribution in [2.45, 2.75) is 44.6 Å². The minimum Gasteiger partial charge on any atom is -0.493 e. The number of imide groups is 1. The highest BCUT2D eigenvalue weighted by Crippen LogP contribution is 2.37. The number of hydrogen-bond donors (Lipinski definition) is 0. The molecule has 2 heterocycles. The van der Waals surface area contributed by atoms with Crippen molar-refractivity contribution in [3.63, 3.8) is 0 Å². The number of carbonyl (C=O) groups is 2. The van der Waals surface area contributed by atoms with Crippen LogP contribution in [0.1, 0.15) is 69.3 Å². The average Bonchev–Trinajstić information content (AvgIpc) is 3.57. The van der Waals surface area contributed by atoms with Gasteiger partial charge in [-0.3, -0.25) is 14.5 Å². The molecule has 1 aromatic heterocycles. The summed E-state index contributed by atoms with van der Waals surface area (Å²) in [5, 5.41) is 7.90. The van der Waals surface area contributed by atoms with Crippen molar-refractivity contribution < 1.29 is 23.5 Å². The lowest BCUT2D eigenvalue weighted by Gasteiger charge is -2.22. The molecule has 2 aliphatic rings. The van der Waals surface area contributed by atoms with Gasteiger partial charge in [0.05, 0.1) is 30.3 Å². The first-order valence-electron chi connectivity index (χ1n) is 11.1. The van der Waals surface area contributed by atoms with E-state index >= 15 is 0 Å². The fraction of sp³-hybridized carbons (Fsp3) is 0.360. The molecule has 8 heteroatoms. The van der Waals surface area contributed by atoms with E-state index < -0.39 is 5.92 Å². The predicted molar refractivity (Wildman–Crippen MR) is 119 cm³/mol. The second-order valence-corrected chi connectivity index (χ2v) is 8.53. The highest BCUT2D eigenvalue weighted by molar-refractivity contribution is 6.21. The molecular weight excluding hydrogens is 422 g/mol. The molecule has 0 N–H and O–H groups in total. The molecule has 1 atom stereocenters. The highest BCUT2D eigenvalue weighted by atomic mass is 16.5. The lowest BCUT2D eigenvalue weighted by atomic mass is 9.97. The Morgan fingerprint density at radius 3 is 2.58 bits per heavy atom. The maximum absolute atomic E-state index is 13.1. The van der Waals surface area contributed by atoms with Crippen LogP contribution in [-0.2, 0) is 0 Å². The van der Waals surface area contributed by atoms with E-state index in [1.54, 1.807) is 19.2 Å². The van der Waals surface area contributed by atoms with Gasteiger partial charge in [0.25, 0.3) is 11.8 Å². The predicted octanol–water partition coefficient (Wildman–Crippen LogP) is 4.14. The Bertz CT molecular complexity index is 1180. The zero-order chi connectivity index (χ0) is 22.9. The van der Waals surface area contributed by atoms with Gasteiger partial charge in [0.1, 0.15) is 0 Å².